The molecule has 0 fully saturated rings. The van der Waals surface area contributed by atoms with Crippen molar-refractivity contribution in [1.82, 2.24) is 0 Å². The van der Waals surface area contributed by atoms with Gasteiger partial charge in [0.25, 0.3) is 0 Å². The first-order chi connectivity index (χ1) is 8.26. The zero-order chi connectivity index (χ0) is 12.3. The SMILES string of the molecule is COC(=O)Cc1cc[c]([Sn][CH3])c2ccccc12. The fourth-order valence-corrected chi connectivity index (χ4v) is 4.07. The van der Waals surface area contributed by atoms with Crippen molar-refractivity contribution in [3.63, 3.8) is 0 Å². The Morgan fingerprint density at radius 2 is 1.88 bits per heavy atom. The van der Waals surface area contributed by atoms with Crippen molar-refractivity contribution in [2.24, 2.45) is 0 Å². The van der Waals surface area contributed by atoms with Crippen molar-refractivity contribution in [2.75, 3.05) is 7.11 Å². The first kappa shape index (κ1) is 12.4. The number of rotatable bonds is 3. The average molecular weight is 333 g/mol. The van der Waals surface area contributed by atoms with Gasteiger partial charge in [-0.1, -0.05) is 0 Å². The summed E-state index contributed by atoms with van der Waals surface area (Å²) in [5, 5.41) is 2.50. The van der Waals surface area contributed by atoms with E-state index in [9.17, 15) is 4.79 Å². The predicted molar refractivity (Wildman–Crippen MR) is 70.9 cm³/mol. The van der Waals surface area contributed by atoms with E-state index in [1.54, 1.807) is 0 Å². The number of hydrogen-bond acceptors (Lipinski definition) is 2. The summed E-state index contributed by atoms with van der Waals surface area (Å²) in [7, 11) is 1.43. The molecule has 2 aromatic rings. The summed E-state index contributed by atoms with van der Waals surface area (Å²) in [6.45, 7) is 0. The van der Waals surface area contributed by atoms with Gasteiger partial charge >= 0.3 is 111 Å². The predicted octanol–water partition coefficient (Wildman–Crippen LogP) is 1.93. The molecule has 0 bridgehead atoms. The van der Waals surface area contributed by atoms with E-state index in [0.717, 1.165) is 5.56 Å². The molecule has 0 saturated heterocycles. The molecule has 2 rings (SSSR count). The average Bonchev–Trinajstić information content (AvgIpc) is 2.39. The summed E-state index contributed by atoms with van der Waals surface area (Å²) in [6.07, 6.45) is 0.353. The van der Waals surface area contributed by atoms with Gasteiger partial charge in [-0.15, -0.1) is 0 Å². The minimum atomic E-state index is -0.462. The molecule has 0 heterocycles. The van der Waals surface area contributed by atoms with Crippen LogP contribution in [0.2, 0.25) is 4.94 Å². The van der Waals surface area contributed by atoms with Crippen molar-refractivity contribution in [3.05, 3.63) is 42.0 Å². The van der Waals surface area contributed by atoms with E-state index < -0.39 is 21.1 Å². The van der Waals surface area contributed by atoms with Gasteiger partial charge < -0.3 is 0 Å². The molecule has 0 N–H and O–H groups in total. The van der Waals surface area contributed by atoms with Gasteiger partial charge in [-0.3, -0.25) is 0 Å². The van der Waals surface area contributed by atoms with Crippen LogP contribution in [-0.2, 0) is 16.0 Å². The Labute approximate surface area is 111 Å². The number of hydrogen-bond donors (Lipinski definition) is 0. The number of carbonyl (C=O) groups is 1. The fourth-order valence-electron chi connectivity index (χ4n) is 1.96. The molecule has 0 unspecified atom stereocenters. The first-order valence-corrected chi connectivity index (χ1v) is 9.79. The van der Waals surface area contributed by atoms with E-state index in [1.807, 2.05) is 6.07 Å². The zero-order valence-corrected chi connectivity index (χ0v) is 12.8. The number of methoxy groups -OCH3 is 1. The molecule has 0 aliphatic carbocycles. The van der Waals surface area contributed by atoms with Crippen molar-refractivity contribution in [3.8, 4) is 0 Å². The van der Waals surface area contributed by atoms with Crippen LogP contribution in [0, 0.1) is 0 Å². The van der Waals surface area contributed by atoms with Gasteiger partial charge in [0, 0.05) is 0 Å². The molecule has 3 heteroatoms. The van der Waals surface area contributed by atoms with Gasteiger partial charge in [0.15, 0.2) is 0 Å². The van der Waals surface area contributed by atoms with Gasteiger partial charge in [-0.05, 0) is 0 Å². The summed E-state index contributed by atoms with van der Waals surface area (Å²) in [5.74, 6) is -0.181. The third kappa shape index (κ3) is 2.63. The van der Waals surface area contributed by atoms with E-state index in [-0.39, 0.29) is 5.97 Å². The second-order valence-electron chi connectivity index (χ2n) is 3.82. The topological polar surface area (TPSA) is 26.3 Å². The summed E-state index contributed by atoms with van der Waals surface area (Å²) in [5.41, 5.74) is 1.06. The number of ether oxygens (including phenoxy) is 1. The van der Waals surface area contributed by atoms with Gasteiger partial charge in [0.05, 0.1) is 0 Å². The Morgan fingerprint density at radius 3 is 2.53 bits per heavy atom. The van der Waals surface area contributed by atoms with Crippen molar-refractivity contribution < 1.29 is 9.53 Å². The second-order valence-corrected chi connectivity index (χ2v) is 6.79. The molecule has 86 valence electrons. The molecule has 17 heavy (non-hydrogen) atoms. The van der Waals surface area contributed by atoms with Crippen LogP contribution < -0.4 is 3.58 Å². The monoisotopic (exact) mass is 334 g/mol. The number of esters is 1. The Hall–Kier alpha value is -1.03. The van der Waals surface area contributed by atoms with E-state index in [0.29, 0.717) is 6.42 Å². The van der Waals surface area contributed by atoms with Gasteiger partial charge in [-0.2, -0.15) is 0 Å². The molecule has 0 aliphatic heterocycles. The van der Waals surface area contributed by atoms with E-state index in [4.69, 9.17) is 4.74 Å². The first-order valence-electron chi connectivity index (χ1n) is 5.51. The number of benzene rings is 2. The van der Waals surface area contributed by atoms with E-state index >= 15 is 0 Å². The van der Waals surface area contributed by atoms with Crippen molar-refractivity contribution >= 4 is 41.5 Å². The summed E-state index contributed by atoms with van der Waals surface area (Å²) in [6, 6.07) is 12.6. The molecule has 0 aromatic heterocycles. The molecule has 0 atom stereocenters. The van der Waals surface area contributed by atoms with Gasteiger partial charge in [0.1, 0.15) is 0 Å². The molecule has 0 amide bonds. The molecule has 0 aliphatic rings. The van der Waals surface area contributed by atoms with E-state index in [1.165, 1.54) is 21.5 Å². The molecule has 2 nitrogen and oxygen atoms in total. The standard InChI is InChI=1S/C13H11O2.CH3.Sn/c1-15-13(14)9-11-7-4-6-10-5-2-3-8-12(10)11;;/h2-5,7-8H,9H2,1H3;1H3;. The maximum atomic E-state index is 11.4. The van der Waals surface area contributed by atoms with Gasteiger partial charge in [0.2, 0.25) is 0 Å². The Bertz CT molecular complexity index is 549. The van der Waals surface area contributed by atoms with Crippen LogP contribution in [0.5, 0.6) is 0 Å². The van der Waals surface area contributed by atoms with Crippen LogP contribution in [0.3, 0.4) is 0 Å². The molecular weight excluding hydrogens is 319 g/mol. The second kappa shape index (κ2) is 5.54. The molecule has 0 saturated carbocycles. The normalized spacial score (nSPS) is 10.5. The van der Waals surface area contributed by atoms with E-state index in [2.05, 4.69) is 35.3 Å². The third-order valence-electron chi connectivity index (χ3n) is 2.85. The van der Waals surface area contributed by atoms with Crippen LogP contribution in [-0.4, -0.2) is 34.2 Å². The maximum absolute atomic E-state index is 11.4. The van der Waals surface area contributed by atoms with Crippen LogP contribution in [0.4, 0.5) is 0 Å². The fraction of sp³-hybridized carbons (Fsp3) is 0.214. The van der Waals surface area contributed by atoms with Crippen LogP contribution in [0.15, 0.2) is 36.4 Å². The van der Waals surface area contributed by atoms with Crippen LogP contribution in [0.1, 0.15) is 5.56 Å². The molecule has 0 spiro atoms. The van der Waals surface area contributed by atoms with Crippen molar-refractivity contribution in [1.29, 1.82) is 0 Å². The third-order valence-corrected chi connectivity index (χ3v) is 5.63. The zero-order valence-electron chi connectivity index (χ0n) is 9.99. The molecule has 2 radical (unpaired) electrons. The quantitative estimate of drug-likeness (QED) is 0.634. The number of carbonyl (C=O) groups excluding carboxylic acids is 1. The molecule has 2 aromatic carbocycles. The molecular formula is C14H14O2Sn. The Kier molecular flexibility index (Phi) is 4.05. The van der Waals surface area contributed by atoms with Crippen molar-refractivity contribution in [2.45, 2.75) is 11.4 Å². The Morgan fingerprint density at radius 1 is 1.18 bits per heavy atom. The van der Waals surface area contributed by atoms with Gasteiger partial charge in [-0.25, -0.2) is 0 Å². The van der Waals surface area contributed by atoms with Crippen LogP contribution >= 0.6 is 0 Å². The summed E-state index contributed by atoms with van der Waals surface area (Å²) >= 11 is -0.462. The Balaban J connectivity index is 2.54. The van der Waals surface area contributed by atoms with Crippen LogP contribution in [0.25, 0.3) is 10.8 Å². The summed E-state index contributed by atoms with van der Waals surface area (Å²) < 4.78 is 6.22. The summed E-state index contributed by atoms with van der Waals surface area (Å²) in [4.78, 5) is 13.7. The number of fused-ring (bicyclic) bond motifs is 1. The minimum absolute atomic E-state index is 0.181.